The van der Waals surface area contributed by atoms with E-state index >= 15 is 0 Å². The van der Waals surface area contributed by atoms with Crippen LogP contribution in [0.1, 0.15) is 38.2 Å². The summed E-state index contributed by atoms with van der Waals surface area (Å²) in [5, 5.41) is 3.70. The Labute approximate surface area is 216 Å². The standard InChI is InChI=1S/C29H32N6O2/c1-16(2)28(36)33-22-10-8-18(9-11-22)25-23(24-26(30)31-15-32-27(24)34(25)3)17-4-6-19(7-5-17)29(37)35-13-20-12-21(20)14-35/h4,8-11,15,19-21H,1,5-7,12-14H2,2-3H3,(H,33,36)(H2,30,31,32)/t19-,20?,21?/m0/s1. The van der Waals surface area contributed by atoms with Crippen LogP contribution in [0, 0.1) is 17.8 Å². The van der Waals surface area contributed by atoms with Gasteiger partial charge in [-0.3, -0.25) is 9.59 Å². The normalized spacial score (nSPS) is 22.5. The summed E-state index contributed by atoms with van der Waals surface area (Å²) in [6.07, 6.45) is 7.36. The highest BCUT2D eigenvalue weighted by atomic mass is 16.2. The number of nitrogens with zero attached hydrogens (tertiary/aromatic N) is 4. The predicted octanol–water partition coefficient (Wildman–Crippen LogP) is 4.39. The molecule has 190 valence electrons. The highest BCUT2D eigenvalue weighted by molar-refractivity contribution is 6.05. The number of carbonyl (C=O) groups excluding carboxylic acids is 2. The van der Waals surface area contributed by atoms with Gasteiger partial charge in [0.2, 0.25) is 5.91 Å². The van der Waals surface area contributed by atoms with E-state index in [4.69, 9.17) is 5.73 Å². The summed E-state index contributed by atoms with van der Waals surface area (Å²) in [5.74, 6) is 2.10. The van der Waals surface area contributed by atoms with Crippen molar-refractivity contribution in [2.45, 2.75) is 32.6 Å². The van der Waals surface area contributed by atoms with E-state index in [0.29, 0.717) is 23.0 Å². The van der Waals surface area contributed by atoms with E-state index in [1.807, 2.05) is 31.3 Å². The molecule has 2 aliphatic carbocycles. The number of aromatic nitrogens is 3. The molecule has 3 atom stereocenters. The Kier molecular flexibility index (Phi) is 5.62. The molecular weight excluding hydrogens is 464 g/mol. The first kappa shape index (κ1) is 23.5. The van der Waals surface area contributed by atoms with Gasteiger partial charge in [0.25, 0.3) is 5.91 Å². The molecular formula is C29H32N6O2. The fourth-order valence-electron chi connectivity index (χ4n) is 6.00. The highest BCUT2D eigenvalue weighted by Gasteiger charge is 2.47. The zero-order chi connectivity index (χ0) is 25.8. The lowest BCUT2D eigenvalue weighted by atomic mass is 9.84. The van der Waals surface area contributed by atoms with Gasteiger partial charge in [0.15, 0.2) is 0 Å². The Morgan fingerprint density at radius 3 is 2.51 bits per heavy atom. The number of benzene rings is 1. The number of aryl methyl sites for hydroxylation is 1. The van der Waals surface area contributed by atoms with Gasteiger partial charge in [0.1, 0.15) is 17.8 Å². The van der Waals surface area contributed by atoms with Crippen LogP contribution in [0.3, 0.4) is 0 Å². The quantitative estimate of drug-likeness (QED) is 0.510. The Morgan fingerprint density at radius 2 is 1.86 bits per heavy atom. The number of carbonyl (C=O) groups is 2. The maximum atomic E-state index is 13.1. The van der Waals surface area contributed by atoms with E-state index in [1.165, 1.54) is 18.3 Å². The van der Waals surface area contributed by atoms with Crippen LogP contribution in [0.15, 0.2) is 48.8 Å². The molecule has 3 aliphatic rings. The molecule has 2 amide bonds. The Morgan fingerprint density at radius 1 is 1.14 bits per heavy atom. The molecule has 0 radical (unpaired) electrons. The second kappa shape index (κ2) is 8.87. The van der Waals surface area contributed by atoms with E-state index in [2.05, 4.69) is 37.4 Å². The van der Waals surface area contributed by atoms with Gasteiger partial charge in [-0.15, -0.1) is 0 Å². The molecule has 3 heterocycles. The number of nitrogens with two attached hydrogens (primary N) is 1. The molecule has 1 aromatic carbocycles. The van der Waals surface area contributed by atoms with Crippen molar-refractivity contribution in [3.05, 3.63) is 54.4 Å². The van der Waals surface area contributed by atoms with E-state index in [-0.39, 0.29) is 11.8 Å². The number of anilines is 2. The summed E-state index contributed by atoms with van der Waals surface area (Å²) in [6, 6.07) is 7.75. The minimum Gasteiger partial charge on any atom is -0.383 e. The van der Waals surface area contributed by atoms with E-state index < -0.39 is 0 Å². The largest absolute Gasteiger partial charge is 0.383 e. The maximum Gasteiger partial charge on any atom is 0.250 e. The lowest BCUT2D eigenvalue weighted by molar-refractivity contribution is -0.135. The molecule has 0 spiro atoms. The number of piperidine rings is 1. The summed E-state index contributed by atoms with van der Waals surface area (Å²) in [6.45, 7) is 7.27. The molecule has 1 saturated heterocycles. The number of hydrogen-bond donors (Lipinski definition) is 2. The van der Waals surface area contributed by atoms with Crippen LogP contribution in [0.4, 0.5) is 11.5 Å². The van der Waals surface area contributed by atoms with Crippen LogP contribution in [-0.2, 0) is 16.6 Å². The minimum absolute atomic E-state index is 0.0458. The third-order valence-electron chi connectivity index (χ3n) is 8.17. The third-order valence-corrected chi connectivity index (χ3v) is 8.17. The molecule has 3 N–H and O–H groups in total. The van der Waals surface area contributed by atoms with Crippen molar-refractivity contribution >= 4 is 39.9 Å². The van der Waals surface area contributed by atoms with Gasteiger partial charge < -0.3 is 20.5 Å². The third kappa shape index (κ3) is 4.10. The molecule has 0 bridgehead atoms. The molecule has 1 saturated carbocycles. The number of likely N-dealkylation sites (tertiary alicyclic amines) is 1. The van der Waals surface area contributed by atoms with E-state index in [0.717, 1.165) is 72.0 Å². The van der Waals surface area contributed by atoms with Crippen molar-refractivity contribution in [2.24, 2.45) is 24.8 Å². The van der Waals surface area contributed by atoms with Crippen LogP contribution in [0.5, 0.6) is 0 Å². The van der Waals surface area contributed by atoms with Gasteiger partial charge in [-0.1, -0.05) is 24.8 Å². The molecule has 3 aromatic rings. The molecule has 8 nitrogen and oxygen atoms in total. The highest BCUT2D eigenvalue weighted by Crippen LogP contribution is 2.47. The predicted molar refractivity (Wildman–Crippen MR) is 145 cm³/mol. The smallest absolute Gasteiger partial charge is 0.250 e. The van der Waals surface area contributed by atoms with Gasteiger partial charge in [-0.05, 0) is 67.7 Å². The topological polar surface area (TPSA) is 106 Å². The van der Waals surface area contributed by atoms with Gasteiger partial charge in [-0.25, -0.2) is 9.97 Å². The van der Waals surface area contributed by atoms with Gasteiger partial charge >= 0.3 is 0 Å². The van der Waals surface area contributed by atoms with Crippen LogP contribution >= 0.6 is 0 Å². The lowest BCUT2D eigenvalue weighted by Gasteiger charge is -2.27. The molecule has 2 aromatic heterocycles. The number of allylic oxidation sites excluding steroid dienone is 2. The monoisotopic (exact) mass is 496 g/mol. The fraction of sp³-hybridized carbons (Fsp3) is 0.379. The van der Waals surface area contributed by atoms with E-state index in [1.54, 1.807) is 6.92 Å². The summed E-state index contributed by atoms with van der Waals surface area (Å²) in [7, 11) is 1.98. The van der Waals surface area contributed by atoms with Crippen molar-refractivity contribution in [3.63, 3.8) is 0 Å². The van der Waals surface area contributed by atoms with Crippen molar-refractivity contribution in [1.82, 2.24) is 19.4 Å². The Bertz CT molecular complexity index is 1460. The van der Waals surface area contributed by atoms with Gasteiger partial charge in [-0.2, -0.15) is 0 Å². The lowest BCUT2D eigenvalue weighted by Crippen LogP contribution is -2.36. The second-order valence-electron chi connectivity index (χ2n) is 10.8. The maximum absolute atomic E-state index is 13.1. The summed E-state index contributed by atoms with van der Waals surface area (Å²) >= 11 is 0. The van der Waals surface area contributed by atoms with Gasteiger partial charge in [0.05, 0.1) is 11.1 Å². The first-order valence-corrected chi connectivity index (χ1v) is 13.0. The second-order valence-corrected chi connectivity index (χ2v) is 10.8. The number of rotatable bonds is 5. The molecule has 37 heavy (non-hydrogen) atoms. The van der Waals surface area contributed by atoms with Crippen LogP contribution in [0.25, 0.3) is 27.9 Å². The molecule has 2 fully saturated rings. The summed E-state index contributed by atoms with van der Waals surface area (Å²) < 4.78 is 2.05. The van der Waals surface area contributed by atoms with Crippen molar-refractivity contribution in [2.75, 3.05) is 24.1 Å². The zero-order valence-corrected chi connectivity index (χ0v) is 21.3. The number of fused-ring (bicyclic) bond motifs is 2. The number of amides is 2. The number of nitrogens with one attached hydrogen (secondary N) is 1. The fourth-order valence-corrected chi connectivity index (χ4v) is 6.00. The molecule has 1 aliphatic heterocycles. The minimum atomic E-state index is -0.205. The average Bonchev–Trinajstić information content (AvgIpc) is 3.38. The average molecular weight is 497 g/mol. The van der Waals surface area contributed by atoms with E-state index in [9.17, 15) is 9.59 Å². The summed E-state index contributed by atoms with van der Waals surface area (Å²) in [5.41, 5.74) is 12.5. The number of hydrogen-bond acceptors (Lipinski definition) is 5. The Balaban J connectivity index is 1.34. The van der Waals surface area contributed by atoms with Crippen molar-refractivity contribution in [3.8, 4) is 11.3 Å². The molecule has 2 unspecified atom stereocenters. The van der Waals surface area contributed by atoms with Crippen LogP contribution in [0.2, 0.25) is 0 Å². The van der Waals surface area contributed by atoms with Crippen LogP contribution < -0.4 is 11.1 Å². The number of nitrogen functional groups attached to an aromatic ring is 1. The van der Waals surface area contributed by atoms with Crippen LogP contribution in [-0.4, -0.2) is 44.3 Å². The first-order valence-electron chi connectivity index (χ1n) is 13.0. The SMILES string of the molecule is C=C(C)C(=O)Nc1ccc(-c2c(C3=CC[C@H](C(=O)N4CC5CC5C4)CC3)c3c(N)ncnc3n2C)cc1. The Hall–Kier alpha value is -3.94. The van der Waals surface area contributed by atoms with Crippen molar-refractivity contribution in [1.29, 1.82) is 0 Å². The molecule has 8 heteroatoms. The first-order chi connectivity index (χ1) is 17.8. The van der Waals surface area contributed by atoms with Gasteiger partial charge in [0, 0.05) is 42.9 Å². The van der Waals surface area contributed by atoms with Crippen molar-refractivity contribution < 1.29 is 9.59 Å². The molecule has 6 rings (SSSR count). The summed E-state index contributed by atoms with van der Waals surface area (Å²) in [4.78, 5) is 36.1. The zero-order valence-electron chi connectivity index (χ0n) is 21.3.